The van der Waals surface area contributed by atoms with E-state index in [0.29, 0.717) is 11.2 Å². The zero-order chi connectivity index (χ0) is 18.0. The van der Waals surface area contributed by atoms with Crippen LogP contribution in [-0.2, 0) is 19.1 Å². The van der Waals surface area contributed by atoms with E-state index in [2.05, 4.69) is 20.3 Å². The summed E-state index contributed by atoms with van der Waals surface area (Å²) in [5, 5.41) is 2.54. The van der Waals surface area contributed by atoms with Crippen molar-refractivity contribution in [2.24, 2.45) is 0 Å². The van der Waals surface area contributed by atoms with Crippen molar-refractivity contribution >= 4 is 29.0 Å². The molecule has 2 aromatic rings. The summed E-state index contributed by atoms with van der Waals surface area (Å²) in [7, 11) is 1.47. The van der Waals surface area contributed by atoms with E-state index >= 15 is 0 Å². The van der Waals surface area contributed by atoms with Crippen LogP contribution in [-0.4, -0.2) is 51.2 Å². The summed E-state index contributed by atoms with van der Waals surface area (Å²) in [5.74, 6) is -0.224. The van der Waals surface area contributed by atoms with Gasteiger partial charge in [0.2, 0.25) is 17.7 Å². The Balaban J connectivity index is 1.87. The van der Waals surface area contributed by atoms with Crippen LogP contribution in [0.25, 0.3) is 11.2 Å². The van der Waals surface area contributed by atoms with Gasteiger partial charge in [0.05, 0.1) is 19.5 Å². The predicted octanol–water partition coefficient (Wildman–Crippen LogP) is 1.03. The van der Waals surface area contributed by atoms with E-state index in [1.807, 2.05) is 0 Å². The van der Waals surface area contributed by atoms with Crippen molar-refractivity contribution in [1.82, 2.24) is 19.5 Å². The highest BCUT2D eigenvalue weighted by Gasteiger charge is 2.29. The number of carbonyl (C=O) groups is 2. The quantitative estimate of drug-likeness (QED) is 0.796. The number of hydrogen-bond donors (Lipinski definition) is 1. The Hall–Kier alpha value is -2.75. The minimum absolute atomic E-state index is 0.132. The molecule has 0 bridgehead atoms. The van der Waals surface area contributed by atoms with E-state index in [4.69, 9.17) is 14.2 Å². The highest BCUT2D eigenvalue weighted by Crippen LogP contribution is 2.32. The van der Waals surface area contributed by atoms with Crippen molar-refractivity contribution in [1.29, 1.82) is 0 Å². The Kier molecular flexibility index (Phi) is 4.79. The molecule has 3 rings (SSSR count). The third-order valence-corrected chi connectivity index (χ3v) is 3.74. The van der Waals surface area contributed by atoms with E-state index in [9.17, 15) is 9.59 Å². The predicted molar refractivity (Wildman–Crippen MR) is 86.0 cm³/mol. The van der Waals surface area contributed by atoms with Gasteiger partial charge >= 0.3 is 5.97 Å². The monoisotopic (exact) mass is 349 g/mol. The van der Waals surface area contributed by atoms with Gasteiger partial charge in [-0.2, -0.15) is 9.97 Å². The number of fused-ring (bicyclic) bond motifs is 1. The van der Waals surface area contributed by atoms with Crippen molar-refractivity contribution in [2.75, 3.05) is 19.0 Å². The standard InChI is InChI=1S/C15H19N5O5/c1-8(21)17-15-18-13-12(14(19-15)23-3)16-7-20(13)11-5-4-10(25-11)6-24-9(2)22/h7,10-11H,4-6H2,1-3H3,(H,17,18,19,21). The van der Waals surface area contributed by atoms with Crippen LogP contribution in [0.3, 0.4) is 0 Å². The molecule has 0 radical (unpaired) electrons. The molecule has 3 heterocycles. The van der Waals surface area contributed by atoms with Crippen LogP contribution in [0.5, 0.6) is 5.88 Å². The maximum atomic E-state index is 11.3. The Morgan fingerprint density at radius 3 is 2.84 bits per heavy atom. The van der Waals surface area contributed by atoms with Crippen molar-refractivity contribution < 1.29 is 23.8 Å². The number of methoxy groups -OCH3 is 1. The first kappa shape index (κ1) is 17.1. The summed E-state index contributed by atoms with van der Waals surface area (Å²) in [6.07, 6.45) is 2.59. The summed E-state index contributed by atoms with van der Waals surface area (Å²) >= 11 is 0. The van der Waals surface area contributed by atoms with Crippen molar-refractivity contribution in [3.8, 4) is 5.88 Å². The molecule has 134 valence electrons. The molecule has 2 unspecified atom stereocenters. The Morgan fingerprint density at radius 2 is 2.16 bits per heavy atom. The first-order valence-corrected chi connectivity index (χ1v) is 7.83. The number of nitrogens with one attached hydrogen (secondary N) is 1. The molecule has 1 aliphatic rings. The molecule has 25 heavy (non-hydrogen) atoms. The molecule has 10 nitrogen and oxygen atoms in total. The molecule has 0 aliphatic carbocycles. The maximum Gasteiger partial charge on any atom is 0.302 e. The van der Waals surface area contributed by atoms with Gasteiger partial charge in [-0.1, -0.05) is 0 Å². The summed E-state index contributed by atoms with van der Waals surface area (Å²) in [5.41, 5.74) is 0.970. The second kappa shape index (κ2) is 7.01. The third kappa shape index (κ3) is 3.68. The van der Waals surface area contributed by atoms with Crippen LogP contribution >= 0.6 is 0 Å². The van der Waals surface area contributed by atoms with Gasteiger partial charge < -0.3 is 14.2 Å². The highest BCUT2D eigenvalue weighted by molar-refractivity contribution is 5.88. The third-order valence-electron chi connectivity index (χ3n) is 3.74. The van der Waals surface area contributed by atoms with Gasteiger partial charge in [-0.3, -0.25) is 19.5 Å². The lowest BCUT2D eigenvalue weighted by Gasteiger charge is -2.15. The molecule has 1 fully saturated rings. The number of rotatable bonds is 5. The minimum Gasteiger partial charge on any atom is -0.479 e. The maximum absolute atomic E-state index is 11.3. The molecular formula is C15H19N5O5. The van der Waals surface area contributed by atoms with Crippen LogP contribution in [0.15, 0.2) is 6.33 Å². The second-order valence-corrected chi connectivity index (χ2v) is 5.65. The lowest BCUT2D eigenvalue weighted by molar-refractivity contribution is -0.145. The molecule has 10 heteroatoms. The fourth-order valence-corrected chi connectivity index (χ4v) is 2.68. The van der Waals surface area contributed by atoms with Gasteiger partial charge in [0, 0.05) is 13.8 Å². The topological polar surface area (TPSA) is 117 Å². The van der Waals surface area contributed by atoms with E-state index in [1.165, 1.54) is 21.0 Å². The van der Waals surface area contributed by atoms with E-state index in [0.717, 1.165) is 12.8 Å². The smallest absolute Gasteiger partial charge is 0.302 e. The summed E-state index contributed by atoms with van der Waals surface area (Å²) < 4.78 is 17.9. The fourth-order valence-electron chi connectivity index (χ4n) is 2.68. The average Bonchev–Trinajstić information content (AvgIpc) is 3.17. The molecule has 1 amide bonds. The SMILES string of the molecule is COc1nc(NC(C)=O)nc2c1ncn2C1CCC(COC(C)=O)O1. The van der Waals surface area contributed by atoms with Crippen molar-refractivity contribution in [3.63, 3.8) is 0 Å². The summed E-state index contributed by atoms with van der Waals surface area (Å²) in [4.78, 5) is 35.0. The summed E-state index contributed by atoms with van der Waals surface area (Å²) in [6.45, 7) is 2.95. The first-order chi connectivity index (χ1) is 12.0. The number of nitrogens with zero attached hydrogens (tertiary/aromatic N) is 4. The number of anilines is 1. The van der Waals surface area contributed by atoms with E-state index in [1.54, 1.807) is 10.9 Å². The molecule has 1 saturated heterocycles. The van der Waals surface area contributed by atoms with Gasteiger partial charge in [-0.25, -0.2) is 4.98 Å². The average molecular weight is 349 g/mol. The Labute approximate surface area is 143 Å². The number of hydrogen-bond acceptors (Lipinski definition) is 8. The van der Waals surface area contributed by atoms with Crippen molar-refractivity contribution in [3.05, 3.63) is 6.33 Å². The number of amides is 1. The Bertz CT molecular complexity index is 805. The van der Waals surface area contributed by atoms with Gasteiger partial charge in [-0.15, -0.1) is 0 Å². The lowest BCUT2D eigenvalue weighted by Crippen LogP contribution is -2.18. The van der Waals surface area contributed by atoms with Gasteiger partial charge in [-0.05, 0) is 12.8 Å². The first-order valence-electron chi connectivity index (χ1n) is 7.83. The number of esters is 1. The largest absolute Gasteiger partial charge is 0.479 e. The number of aromatic nitrogens is 4. The van der Waals surface area contributed by atoms with E-state index in [-0.39, 0.29) is 42.6 Å². The molecular weight excluding hydrogens is 330 g/mol. The highest BCUT2D eigenvalue weighted by atomic mass is 16.6. The second-order valence-electron chi connectivity index (χ2n) is 5.65. The van der Waals surface area contributed by atoms with Crippen molar-refractivity contribution in [2.45, 2.75) is 39.0 Å². The molecule has 1 aliphatic heterocycles. The van der Waals surface area contributed by atoms with Crippen LogP contribution in [0.4, 0.5) is 5.95 Å². The van der Waals surface area contributed by atoms with Gasteiger partial charge in [0.15, 0.2) is 11.2 Å². The summed E-state index contributed by atoms with van der Waals surface area (Å²) in [6, 6.07) is 0. The normalized spacial score (nSPS) is 19.8. The van der Waals surface area contributed by atoms with Crippen LogP contribution in [0.2, 0.25) is 0 Å². The fraction of sp³-hybridized carbons (Fsp3) is 0.533. The molecule has 0 aromatic carbocycles. The molecule has 0 saturated carbocycles. The zero-order valence-electron chi connectivity index (χ0n) is 14.2. The van der Waals surface area contributed by atoms with Crippen LogP contribution in [0.1, 0.15) is 32.9 Å². The zero-order valence-corrected chi connectivity index (χ0v) is 14.2. The molecule has 0 spiro atoms. The number of carbonyl (C=O) groups excluding carboxylic acids is 2. The minimum atomic E-state index is -0.336. The Morgan fingerprint density at radius 1 is 1.36 bits per heavy atom. The molecule has 2 aromatic heterocycles. The van der Waals surface area contributed by atoms with Gasteiger partial charge in [0.25, 0.3) is 0 Å². The lowest BCUT2D eigenvalue weighted by atomic mass is 10.2. The van der Waals surface area contributed by atoms with Crippen LogP contribution in [0, 0.1) is 0 Å². The van der Waals surface area contributed by atoms with E-state index < -0.39 is 0 Å². The number of imidazole rings is 1. The van der Waals surface area contributed by atoms with Crippen LogP contribution < -0.4 is 10.1 Å². The van der Waals surface area contributed by atoms with Gasteiger partial charge in [0.1, 0.15) is 12.8 Å². The molecule has 1 N–H and O–H groups in total. The molecule has 2 atom stereocenters. The number of ether oxygens (including phenoxy) is 3.